The molecule has 1 N–H and O–H groups in total. The van der Waals surface area contributed by atoms with E-state index in [4.69, 9.17) is 21.2 Å². The van der Waals surface area contributed by atoms with Gasteiger partial charge in [-0.3, -0.25) is 0 Å². The summed E-state index contributed by atoms with van der Waals surface area (Å²) in [4.78, 5) is 5.03. The molecule has 3 nitrogen and oxygen atoms in total. The van der Waals surface area contributed by atoms with Crippen LogP contribution < -0.4 is 10.2 Å². The molecule has 0 radical (unpaired) electrons. The minimum Gasteiger partial charge on any atom is -0.488 e. The van der Waals surface area contributed by atoms with Gasteiger partial charge in [0.25, 0.3) is 0 Å². The summed E-state index contributed by atoms with van der Waals surface area (Å²) in [5.41, 5.74) is 4.06. The van der Waals surface area contributed by atoms with Crippen molar-refractivity contribution in [3.63, 3.8) is 0 Å². The summed E-state index contributed by atoms with van der Waals surface area (Å²) in [5, 5.41) is 0.724. The average molecular weight is 242 g/mol. The number of fused-ring (bicyclic) bond motifs is 1. The van der Waals surface area contributed by atoms with Gasteiger partial charge in [-0.1, -0.05) is 24.9 Å². The van der Waals surface area contributed by atoms with Crippen LogP contribution in [0.1, 0.15) is 31.4 Å². The molecular formula is C12H16ClNO2. The van der Waals surface area contributed by atoms with Crippen LogP contribution >= 0.6 is 11.6 Å². The van der Waals surface area contributed by atoms with Crippen molar-refractivity contribution in [1.82, 2.24) is 5.48 Å². The van der Waals surface area contributed by atoms with Crippen LogP contribution in [0.4, 0.5) is 0 Å². The van der Waals surface area contributed by atoms with Crippen molar-refractivity contribution in [2.75, 3.05) is 7.11 Å². The molecule has 1 aliphatic rings. The molecule has 2 rings (SSSR count). The molecule has 0 fully saturated rings. The van der Waals surface area contributed by atoms with E-state index in [1.54, 1.807) is 7.11 Å². The third kappa shape index (κ3) is 2.17. The molecule has 0 saturated heterocycles. The van der Waals surface area contributed by atoms with Gasteiger partial charge in [-0.2, -0.15) is 5.48 Å². The van der Waals surface area contributed by atoms with Crippen LogP contribution in [0.25, 0.3) is 0 Å². The highest BCUT2D eigenvalue weighted by atomic mass is 35.5. The lowest BCUT2D eigenvalue weighted by molar-refractivity contribution is 0.0269. The maximum absolute atomic E-state index is 5.99. The van der Waals surface area contributed by atoms with Crippen molar-refractivity contribution in [3.05, 3.63) is 28.8 Å². The molecular weight excluding hydrogens is 226 g/mol. The van der Waals surface area contributed by atoms with E-state index in [1.807, 2.05) is 18.2 Å². The fourth-order valence-electron chi connectivity index (χ4n) is 2.08. The Labute approximate surface area is 101 Å². The zero-order valence-electron chi connectivity index (χ0n) is 9.50. The molecule has 0 aliphatic carbocycles. The summed E-state index contributed by atoms with van der Waals surface area (Å²) in [6, 6.07) is 5.76. The van der Waals surface area contributed by atoms with Gasteiger partial charge in [0.15, 0.2) is 0 Å². The first-order valence-corrected chi connectivity index (χ1v) is 5.88. The maximum atomic E-state index is 5.99. The number of benzene rings is 1. The zero-order chi connectivity index (χ0) is 11.5. The lowest BCUT2D eigenvalue weighted by Crippen LogP contribution is -2.30. The molecule has 1 aromatic carbocycles. The van der Waals surface area contributed by atoms with E-state index in [2.05, 4.69) is 12.4 Å². The van der Waals surface area contributed by atoms with Crippen molar-refractivity contribution in [2.45, 2.75) is 31.9 Å². The number of ether oxygens (including phenoxy) is 1. The second-order valence-corrected chi connectivity index (χ2v) is 4.36. The fourth-order valence-corrected chi connectivity index (χ4v) is 2.26. The summed E-state index contributed by atoms with van der Waals surface area (Å²) in [6.07, 6.45) is 2.19. The van der Waals surface area contributed by atoms with Gasteiger partial charge in [-0.05, 0) is 24.6 Å². The Hall–Kier alpha value is -0.770. The van der Waals surface area contributed by atoms with Gasteiger partial charge >= 0.3 is 0 Å². The number of hydroxylamine groups is 1. The van der Waals surface area contributed by atoms with Gasteiger partial charge in [-0.25, -0.2) is 0 Å². The van der Waals surface area contributed by atoms with E-state index in [0.717, 1.165) is 29.2 Å². The smallest absolute Gasteiger partial charge is 0.124 e. The number of nitrogens with one attached hydrogen (secondary N) is 1. The molecule has 0 amide bonds. The fraction of sp³-hybridized carbons (Fsp3) is 0.500. The highest BCUT2D eigenvalue weighted by Gasteiger charge is 2.33. The first kappa shape index (κ1) is 11.7. The average Bonchev–Trinajstić information content (AvgIpc) is 2.58. The molecule has 0 bridgehead atoms. The molecule has 0 saturated carbocycles. The molecule has 4 heteroatoms. The van der Waals surface area contributed by atoms with Crippen molar-refractivity contribution in [3.8, 4) is 5.75 Å². The summed E-state index contributed by atoms with van der Waals surface area (Å²) in [7, 11) is 1.62. The van der Waals surface area contributed by atoms with Gasteiger partial charge < -0.3 is 9.57 Å². The van der Waals surface area contributed by atoms with Crippen LogP contribution in [-0.2, 0) is 4.84 Å². The Balaban J connectivity index is 2.26. The minimum absolute atomic E-state index is 0.0682. The molecule has 0 spiro atoms. The molecule has 1 aliphatic heterocycles. The van der Waals surface area contributed by atoms with Gasteiger partial charge in [0.2, 0.25) is 0 Å². The van der Waals surface area contributed by atoms with E-state index in [0.29, 0.717) is 0 Å². The predicted octanol–water partition coefficient (Wildman–Crippen LogP) is 3.09. The molecule has 0 aromatic heterocycles. The summed E-state index contributed by atoms with van der Waals surface area (Å²) < 4.78 is 5.87. The highest BCUT2D eigenvalue weighted by molar-refractivity contribution is 6.30. The third-order valence-corrected chi connectivity index (χ3v) is 3.01. The summed E-state index contributed by atoms with van der Waals surface area (Å²) in [5.74, 6) is 0.900. The monoisotopic (exact) mass is 241 g/mol. The largest absolute Gasteiger partial charge is 0.488 e. The Bertz CT molecular complexity index is 370. The molecule has 1 heterocycles. The maximum Gasteiger partial charge on any atom is 0.124 e. The number of hydrogen-bond acceptors (Lipinski definition) is 3. The number of rotatable bonds is 4. The number of halogens is 1. The van der Waals surface area contributed by atoms with Crippen LogP contribution in [0.3, 0.4) is 0 Å². The van der Waals surface area contributed by atoms with E-state index in [-0.39, 0.29) is 12.1 Å². The van der Waals surface area contributed by atoms with Crippen molar-refractivity contribution < 1.29 is 9.57 Å². The third-order valence-electron chi connectivity index (χ3n) is 2.78. The van der Waals surface area contributed by atoms with Crippen LogP contribution in [0.5, 0.6) is 5.75 Å². The molecule has 2 unspecified atom stereocenters. The second-order valence-electron chi connectivity index (χ2n) is 3.93. The Morgan fingerprint density at radius 1 is 1.50 bits per heavy atom. The van der Waals surface area contributed by atoms with E-state index >= 15 is 0 Å². The quantitative estimate of drug-likeness (QED) is 0.822. The van der Waals surface area contributed by atoms with E-state index < -0.39 is 0 Å². The standard InChI is InChI=1S/C12H16ClNO2/c1-3-4-11-12(14-15-2)9-7-8(13)5-6-10(9)16-11/h5-7,11-12,14H,3-4H2,1-2H3. The predicted molar refractivity (Wildman–Crippen MR) is 63.7 cm³/mol. The minimum atomic E-state index is 0.0682. The second kappa shape index (κ2) is 5.04. The van der Waals surface area contributed by atoms with Crippen LogP contribution in [0, 0.1) is 0 Å². The first-order valence-electron chi connectivity index (χ1n) is 5.51. The molecule has 16 heavy (non-hydrogen) atoms. The Morgan fingerprint density at radius 3 is 3.00 bits per heavy atom. The van der Waals surface area contributed by atoms with Crippen molar-refractivity contribution >= 4 is 11.6 Å². The van der Waals surface area contributed by atoms with Gasteiger partial charge in [0.05, 0.1) is 13.2 Å². The van der Waals surface area contributed by atoms with E-state index in [1.165, 1.54) is 0 Å². The topological polar surface area (TPSA) is 30.5 Å². The van der Waals surface area contributed by atoms with E-state index in [9.17, 15) is 0 Å². The van der Waals surface area contributed by atoms with Crippen molar-refractivity contribution in [2.24, 2.45) is 0 Å². The number of hydrogen-bond donors (Lipinski definition) is 1. The first-order chi connectivity index (χ1) is 7.76. The highest BCUT2D eigenvalue weighted by Crippen LogP contribution is 2.39. The van der Waals surface area contributed by atoms with Crippen LogP contribution in [-0.4, -0.2) is 13.2 Å². The van der Waals surface area contributed by atoms with Crippen molar-refractivity contribution in [1.29, 1.82) is 0 Å². The summed E-state index contributed by atoms with van der Waals surface area (Å²) in [6.45, 7) is 2.14. The lowest BCUT2D eigenvalue weighted by Gasteiger charge is -2.18. The SMILES string of the molecule is CCCC1Oc2ccc(Cl)cc2C1NOC. The molecule has 2 atom stereocenters. The van der Waals surface area contributed by atoms with Crippen LogP contribution in [0.15, 0.2) is 18.2 Å². The van der Waals surface area contributed by atoms with Gasteiger partial charge in [0, 0.05) is 10.6 Å². The van der Waals surface area contributed by atoms with Gasteiger partial charge in [-0.15, -0.1) is 0 Å². The molecule has 1 aromatic rings. The molecule has 88 valence electrons. The lowest BCUT2D eigenvalue weighted by atomic mass is 10.0. The zero-order valence-corrected chi connectivity index (χ0v) is 10.3. The Morgan fingerprint density at radius 2 is 2.31 bits per heavy atom. The Kier molecular flexibility index (Phi) is 3.69. The van der Waals surface area contributed by atoms with Gasteiger partial charge in [0.1, 0.15) is 11.9 Å². The van der Waals surface area contributed by atoms with Crippen LogP contribution in [0.2, 0.25) is 5.02 Å². The normalized spacial score (nSPS) is 22.9. The summed E-state index contributed by atoms with van der Waals surface area (Å²) >= 11 is 5.99.